The van der Waals surface area contributed by atoms with Crippen LogP contribution in [0.15, 0.2) is 58.1 Å². The molecule has 0 saturated heterocycles. The van der Waals surface area contributed by atoms with Gasteiger partial charge in [-0.25, -0.2) is 9.37 Å². The van der Waals surface area contributed by atoms with Crippen molar-refractivity contribution in [1.82, 2.24) is 25.4 Å². The first-order valence-electron chi connectivity index (χ1n) is 7.57. The van der Waals surface area contributed by atoms with Crippen LogP contribution in [0.4, 0.5) is 4.39 Å². The van der Waals surface area contributed by atoms with Gasteiger partial charge < -0.3 is 4.42 Å². The summed E-state index contributed by atoms with van der Waals surface area (Å²) in [5.74, 6) is 1.54. The molecule has 0 saturated carbocycles. The standard InChI is InChI=1S/C17H11ClFN5OS/c18-12-5-1-10(2-6-12)15-20-17(24-22-15)26-9-14-21-23-16(25-14)11-3-7-13(19)8-4-11/h1-8H,9H2,(H,20,22,24). The Morgan fingerprint density at radius 1 is 1.00 bits per heavy atom. The van der Waals surface area contributed by atoms with E-state index in [9.17, 15) is 4.39 Å². The van der Waals surface area contributed by atoms with Gasteiger partial charge in [0.1, 0.15) is 5.82 Å². The fourth-order valence-corrected chi connectivity index (χ4v) is 2.96. The predicted octanol–water partition coefficient (Wildman–Crippen LogP) is 4.61. The Hall–Kier alpha value is -2.71. The number of hydrogen-bond donors (Lipinski definition) is 1. The molecule has 0 atom stereocenters. The average molecular weight is 388 g/mol. The second-order valence-corrected chi connectivity index (χ2v) is 6.65. The number of thioether (sulfide) groups is 1. The van der Waals surface area contributed by atoms with Crippen LogP contribution in [0, 0.1) is 5.82 Å². The number of halogens is 2. The molecule has 0 unspecified atom stereocenters. The lowest BCUT2D eigenvalue weighted by Crippen LogP contribution is -1.82. The Bertz CT molecular complexity index is 933. The van der Waals surface area contributed by atoms with Crippen LogP contribution in [-0.4, -0.2) is 25.4 Å². The van der Waals surface area contributed by atoms with Gasteiger partial charge in [-0.15, -0.1) is 15.3 Å². The van der Waals surface area contributed by atoms with Crippen LogP contribution in [0.5, 0.6) is 0 Å². The highest BCUT2D eigenvalue weighted by Crippen LogP contribution is 2.24. The molecule has 0 spiro atoms. The fourth-order valence-electron chi connectivity index (χ4n) is 2.20. The molecule has 4 aromatic rings. The monoisotopic (exact) mass is 387 g/mol. The summed E-state index contributed by atoms with van der Waals surface area (Å²) in [6.07, 6.45) is 0. The largest absolute Gasteiger partial charge is 0.420 e. The normalized spacial score (nSPS) is 11.0. The van der Waals surface area contributed by atoms with Gasteiger partial charge in [-0.2, -0.15) is 0 Å². The summed E-state index contributed by atoms with van der Waals surface area (Å²) in [4.78, 5) is 4.42. The summed E-state index contributed by atoms with van der Waals surface area (Å²) >= 11 is 7.25. The van der Waals surface area contributed by atoms with Crippen molar-refractivity contribution in [2.75, 3.05) is 0 Å². The SMILES string of the molecule is Fc1ccc(-c2nnc(CSc3n[nH]c(-c4ccc(Cl)cc4)n3)o2)cc1. The second kappa shape index (κ2) is 7.27. The van der Waals surface area contributed by atoms with Crippen LogP contribution in [0.2, 0.25) is 5.02 Å². The van der Waals surface area contributed by atoms with E-state index in [2.05, 4.69) is 25.4 Å². The van der Waals surface area contributed by atoms with E-state index >= 15 is 0 Å². The van der Waals surface area contributed by atoms with E-state index in [1.54, 1.807) is 24.3 Å². The molecule has 0 aliphatic carbocycles. The van der Waals surface area contributed by atoms with E-state index in [4.69, 9.17) is 16.0 Å². The number of nitrogens with zero attached hydrogens (tertiary/aromatic N) is 4. The third-order valence-corrected chi connectivity index (χ3v) is 4.55. The van der Waals surface area contributed by atoms with Crippen molar-refractivity contribution in [3.63, 3.8) is 0 Å². The Morgan fingerprint density at radius 3 is 2.50 bits per heavy atom. The number of hydrogen-bond acceptors (Lipinski definition) is 6. The number of rotatable bonds is 5. The smallest absolute Gasteiger partial charge is 0.247 e. The average Bonchev–Trinajstić information content (AvgIpc) is 3.31. The number of aromatic amines is 1. The highest BCUT2D eigenvalue weighted by molar-refractivity contribution is 7.98. The quantitative estimate of drug-likeness (QED) is 0.504. The first-order chi connectivity index (χ1) is 12.7. The first-order valence-corrected chi connectivity index (χ1v) is 8.93. The van der Waals surface area contributed by atoms with Gasteiger partial charge >= 0.3 is 0 Å². The predicted molar refractivity (Wildman–Crippen MR) is 96.1 cm³/mol. The van der Waals surface area contributed by atoms with Gasteiger partial charge in [-0.1, -0.05) is 23.4 Å². The maximum Gasteiger partial charge on any atom is 0.247 e. The zero-order chi connectivity index (χ0) is 17.9. The van der Waals surface area contributed by atoms with Crippen molar-refractivity contribution in [2.24, 2.45) is 0 Å². The van der Waals surface area contributed by atoms with E-state index in [0.29, 0.717) is 39.1 Å². The van der Waals surface area contributed by atoms with Gasteiger partial charge in [0, 0.05) is 16.1 Å². The molecule has 0 fully saturated rings. The van der Waals surface area contributed by atoms with Crippen molar-refractivity contribution < 1.29 is 8.81 Å². The molecule has 9 heteroatoms. The molecule has 2 aromatic heterocycles. The van der Waals surface area contributed by atoms with Gasteiger partial charge in [0.05, 0.1) is 5.75 Å². The molecule has 2 aromatic carbocycles. The highest BCUT2D eigenvalue weighted by atomic mass is 35.5. The third kappa shape index (κ3) is 3.76. The summed E-state index contributed by atoms with van der Waals surface area (Å²) in [6, 6.07) is 13.2. The molecular formula is C17H11ClFN5OS. The van der Waals surface area contributed by atoms with Crippen molar-refractivity contribution in [1.29, 1.82) is 0 Å². The summed E-state index contributed by atoms with van der Waals surface area (Å²) in [5, 5.41) is 16.3. The highest BCUT2D eigenvalue weighted by Gasteiger charge is 2.11. The molecule has 2 heterocycles. The van der Waals surface area contributed by atoms with Crippen LogP contribution in [0.3, 0.4) is 0 Å². The van der Waals surface area contributed by atoms with Gasteiger partial charge in [-0.3, -0.25) is 5.10 Å². The lowest BCUT2D eigenvalue weighted by Gasteiger charge is -1.95. The summed E-state index contributed by atoms with van der Waals surface area (Å²) < 4.78 is 18.6. The summed E-state index contributed by atoms with van der Waals surface area (Å²) in [5.41, 5.74) is 1.56. The van der Waals surface area contributed by atoms with E-state index in [0.717, 1.165) is 5.56 Å². The molecule has 0 radical (unpaired) electrons. The van der Waals surface area contributed by atoms with Crippen LogP contribution in [0.1, 0.15) is 5.89 Å². The molecule has 1 N–H and O–H groups in total. The second-order valence-electron chi connectivity index (χ2n) is 5.27. The topological polar surface area (TPSA) is 80.5 Å². The van der Waals surface area contributed by atoms with E-state index in [-0.39, 0.29) is 5.82 Å². The number of nitrogens with one attached hydrogen (secondary N) is 1. The van der Waals surface area contributed by atoms with Crippen LogP contribution >= 0.6 is 23.4 Å². The Kier molecular flexibility index (Phi) is 4.68. The molecule has 0 aliphatic rings. The fraction of sp³-hybridized carbons (Fsp3) is 0.0588. The Labute approximate surface area is 156 Å². The maximum atomic E-state index is 13.0. The maximum absolute atomic E-state index is 13.0. The number of H-pyrrole nitrogens is 1. The molecule has 4 rings (SSSR count). The molecule has 0 bridgehead atoms. The zero-order valence-electron chi connectivity index (χ0n) is 13.2. The van der Waals surface area contributed by atoms with Gasteiger partial charge in [0.2, 0.25) is 16.9 Å². The lowest BCUT2D eigenvalue weighted by atomic mass is 10.2. The van der Waals surface area contributed by atoms with Crippen molar-refractivity contribution in [3.05, 3.63) is 65.3 Å². The number of benzene rings is 2. The van der Waals surface area contributed by atoms with Crippen molar-refractivity contribution in [3.8, 4) is 22.8 Å². The van der Waals surface area contributed by atoms with E-state index in [1.807, 2.05) is 12.1 Å². The van der Waals surface area contributed by atoms with Crippen LogP contribution < -0.4 is 0 Å². The van der Waals surface area contributed by atoms with Gasteiger partial charge in [0.15, 0.2) is 5.82 Å². The van der Waals surface area contributed by atoms with Gasteiger partial charge in [0.25, 0.3) is 0 Å². The molecule has 130 valence electrons. The number of aromatic nitrogens is 5. The third-order valence-electron chi connectivity index (χ3n) is 3.47. The minimum atomic E-state index is -0.315. The molecule has 0 aliphatic heterocycles. The molecule has 0 amide bonds. The Balaban J connectivity index is 1.42. The van der Waals surface area contributed by atoms with E-state index in [1.165, 1.54) is 23.9 Å². The van der Waals surface area contributed by atoms with Crippen molar-refractivity contribution >= 4 is 23.4 Å². The first kappa shape index (κ1) is 16.7. The minimum Gasteiger partial charge on any atom is -0.420 e. The van der Waals surface area contributed by atoms with Crippen molar-refractivity contribution in [2.45, 2.75) is 10.9 Å². The summed E-state index contributed by atoms with van der Waals surface area (Å²) in [6.45, 7) is 0. The minimum absolute atomic E-state index is 0.315. The molecule has 6 nitrogen and oxygen atoms in total. The van der Waals surface area contributed by atoms with Gasteiger partial charge in [-0.05, 0) is 48.5 Å². The van der Waals surface area contributed by atoms with E-state index < -0.39 is 0 Å². The van der Waals surface area contributed by atoms with Crippen LogP contribution in [-0.2, 0) is 5.75 Å². The molecular weight excluding hydrogens is 377 g/mol. The lowest BCUT2D eigenvalue weighted by molar-refractivity contribution is 0.528. The summed E-state index contributed by atoms with van der Waals surface area (Å²) in [7, 11) is 0. The Morgan fingerprint density at radius 2 is 1.73 bits per heavy atom. The van der Waals surface area contributed by atoms with Crippen LogP contribution in [0.25, 0.3) is 22.8 Å². The molecule has 26 heavy (non-hydrogen) atoms. The zero-order valence-corrected chi connectivity index (χ0v) is 14.8.